The number of carbonyl (C=O) groups is 2. The van der Waals surface area contributed by atoms with Gasteiger partial charge in [0.05, 0.1) is 0 Å². The number of phenolic OH excluding ortho intramolecular Hbond substituents is 1. The number of carboxylic acids is 1. The maximum absolute atomic E-state index is 12.2. The molecule has 3 rings (SSSR count). The maximum atomic E-state index is 12.2. The lowest BCUT2D eigenvalue weighted by Gasteiger charge is -2.37. The van der Waals surface area contributed by atoms with Crippen molar-refractivity contribution in [2.75, 3.05) is 32.7 Å². The molecule has 1 heterocycles. The van der Waals surface area contributed by atoms with E-state index in [0.29, 0.717) is 18.7 Å². The SMILES string of the molecule is O=C(NCC(C(=O)O)N1CCN(Cc2ccccc2)CC1)c1ccc(O)cc1. The first-order chi connectivity index (χ1) is 13.5. The first-order valence-electron chi connectivity index (χ1n) is 9.33. The molecule has 1 saturated heterocycles. The zero-order chi connectivity index (χ0) is 19.9. The Balaban J connectivity index is 1.51. The van der Waals surface area contributed by atoms with E-state index in [1.54, 1.807) is 0 Å². The lowest BCUT2D eigenvalue weighted by Crippen LogP contribution is -2.55. The van der Waals surface area contributed by atoms with Crippen molar-refractivity contribution in [3.63, 3.8) is 0 Å². The van der Waals surface area contributed by atoms with Crippen LogP contribution in [-0.4, -0.2) is 70.7 Å². The van der Waals surface area contributed by atoms with E-state index in [2.05, 4.69) is 22.3 Å². The summed E-state index contributed by atoms with van der Waals surface area (Å²) in [6.45, 7) is 3.73. The van der Waals surface area contributed by atoms with Crippen molar-refractivity contribution >= 4 is 11.9 Å². The van der Waals surface area contributed by atoms with Crippen LogP contribution in [0.3, 0.4) is 0 Å². The molecular formula is C21H25N3O4. The number of benzene rings is 2. The molecule has 0 aromatic heterocycles. The highest BCUT2D eigenvalue weighted by atomic mass is 16.4. The highest BCUT2D eigenvalue weighted by Gasteiger charge is 2.29. The van der Waals surface area contributed by atoms with Crippen LogP contribution in [0.2, 0.25) is 0 Å². The number of piperazine rings is 1. The number of rotatable bonds is 7. The largest absolute Gasteiger partial charge is 0.508 e. The summed E-state index contributed by atoms with van der Waals surface area (Å²) in [5.41, 5.74) is 1.63. The summed E-state index contributed by atoms with van der Waals surface area (Å²) in [6.07, 6.45) is 0. The van der Waals surface area contributed by atoms with E-state index in [1.807, 2.05) is 23.1 Å². The number of hydrogen-bond donors (Lipinski definition) is 3. The van der Waals surface area contributed by atoms with E-state index >= 15 is 0 Å². The summed E-state index contributed by atoms with van der Waals surface area (Å²) in [6, 6.07) is 15.3. The molecule has 0 aliphatic carbocycles. The zero-order valence-corrected chi connectivity index (χ0v) is 15.6. The van der Waals surface area contributed by atoms with Gasteiger partial charge < -0.3 is 15.5 Å². The maximum Gasteiger partial charge on any atom is 0.322 e. The normalized spacial score (nSPS) is 16.4. The van der Waals surface area contributed by atoms with E-state index in [9.17, 15) is 19.8 Å². The molecule has 0 spiro atoms. The Bertz CT molecular complexity index is 787. The van der Waals surface area contributed by atoms with Gasteiger partial charge in [-0.3, -0.25) is 19.4 Å². The standard InChI is InChI=1S/C21H25N3O4/c25-18-8-6-17(7-9-18)20(26)22-14-19(21(27)28)24-12-10-23(11-13-24)15-16-4-2-1-3-5-16/h1-9,19,25H,10-15H2,(H,22,26)(H,27,28). The Hall–Kier alpha value is -2.90. The number of aromatic hydroxyl groups is 1. The molecule has 1 aliphatic rings. The minimum Gasteiger partial charge on any atom is -0.508 e. The minimum absolute atomic E-state index is 0.0354. The molecule has 0 bridgehead atoms. The summed E-state index contributed by atoms with van der Waals surface area (Å²) < 4.78 is 0. The van der Waals surface area contributed by atoms with Crippen LogP contribution in [0.15, 0.2) is 54.6 Å². The van der Waals surface area contributed by atoms with E-state index in [4.69, 9.17) is 0 Å². The van der Waals surface area contributed by atoms with Crippen LogP contribution in [0.25, 0.3) is 0 Å². The summed E-state index contributed by atoms with van der Waals surface area (Å²) in [5.74, 6) is -1.22. The third kappa shape index (κ3) is 5.31. The second-order valence-corrected chi connectivity index (χ2v) is 6.91. The van der Waals surface area contributed by atoms with Crippen molar-refractivity contribution in [3.8, 4) is 5.75 Å². The predicted octanol–water partition coefficient (Wildman–Crippen LogP) is 1.39. The van der Waals surface area contributed by atoms with Crippen molar-refractivity contribution in [3.05, 3.63) is 65.7 Å². The molecule has 2 aromatic rings. The van der Waals surface area contributed by atoms with Gasteiger partial charge in [-0.2, -0.15) is 0 Å². The molecule has 1 atom stereocenters. The molecule has 2 aromatic carbocycles. The van der Waals surface area contributed by atoms with Gasteiger partial charge in [-0.25, -0.2) is 0 Å². The topological polar surface area (TPSA) is 93.1 Å². The van der Waals surface area contributed by atoms with Gasteiger partial charge in [0.2, 0.25) is 0 Å². The number of carboxylic acid groups (broad SMARTS) is 1. The predicted molar refractivity (Wildman–Crippen MR) is 105 cm³/mol. The molecule has 0 radical (unpaired) electrons. The van der Waals surface area contributed by atoms with Crippen molar-refractivity contribution < 1.29 is 19.8 Å². The fourth-order valence-corrected chi connectivity index (χ4v) is 3.35. The molecular weight excluding hydrogens is 358 g/mol. The van der Waals surface area contributed by atoms with Crippen molar-refractivity contribution in [2.24, 2.45) is 0 Å². The van der Waals surface area contributed by atoms with Crippen LogP contribution in [0.1, 0.15) is 15.9 Å². The number of carbonyl (C=O) groups excluding carboxylic acids is 1. The van der Waals surface area contributed by atoms with Gasteiger partial charge in [0.1, 0.15) is 11.8 Å². The van der Waals surface area contributed by atoms with Crippen LogP contribution >= 0.6 is 0 Å². The Morgan fingerprint density at radius 2 is 1.61 bits per heavy atom. The number of nitrogens with zero attached hydrogens (tertiary/aromatic N) is 2. The van der Waals surface area contributed by atoms with Gasteiger partial charge in [0.25, 0.3) is 5.91 Å². The molecule has 0 saturated carbocycles. The van der Waals surface area contributed by atoms with Crippen LogP contribution in [-0.2, 0) is 11.3 Å². The van der Waals surface area contributed by atoms with Crippen LogP contribution in [0.5, 0.6) is 5.75 Å². The molecule has 3 N–H and O–H groups in total. The van der Waals surface area contributed by atoms with E-state index < -0.39 is 12.0 Å². The summed E-state index contributed by atoms with van der Waals surface area (Å²) >= 11 is 0. The van der Waals surface area contributed by atoms with Gasteiger partial charge in [-0.05, 0) is 29.8 Å². The lowest BCUT2D eigenvalue weighted by atomic mass is 10.1. The third-order valence-corrected chi connectivity index (χ3v) is 4.97. The fraction of sp³-hybridized carbons (Fsp3) is 0.333. The van der Waals surface area contributed by atoms with Gasteiger partial charge in [-0.15, -0.1) is 0 Å². The number of aliphatic carboxylic acids is 1. The van der Waals surface area contributed by atoms with Crippen LogP contribution < -0.4 is 5.32 Å². The van der Waals surface area contributed by atoms with E-state index in [1.165, 1.54) is 29.8 Å². The third-order valence-electron chi connectivity index (χ3n) is 4.97. The molecule has 1 aliphatic heterocycles. The van der Waals surface area contributed by atoms with Crippen LogP contribution in [0.4, 0.5) is 0 Å². The molecule has 1 fully saturated rings. The first-order valence-corrected chi connectivity index (χ1v) is 9.33. The molecule has 1 unspecified atom stereocenters. The number of nitrogens with one attached hydrogen (secondary N) is 1. The van der Waals surface area contributed by atoms with E-state index in [0.717, 1.165) is 19.6 Å². The van der Waals surface area contributed by atoms with Gasteiger partial charge >= 0.3 is 5.97 Å². The van der Waals surface area contributed by atoms with Gasteiger partial charge in [-0.1, -0.05) is 30.3 Å². The summed E-state index contributed by atoms with van der Waals surface area (Å²) in [5, 5.41) is 21.6. The highest BCUT2D eigenvalue weighted by molar-refractivity contribution is 5.94. The van der Waals surface area contributed by atoms with Crippen molar-refractivity contribution in [1.82, 2.24) is 15.1 Å². The highest BCUT2D eigenvalue weighted by Crippen LogP contribution is 2.12. The summed E-state index contributed by atoms with van der Waals surface area (Å²) in [7, 11) is 0. The van der Waals surface area contributed by atoms with Gasteiger partial charge in [0, 0.05) is 44.8 Å². The monoisotopic (exact) mass is 383 g/mol. The lowest BCUT2D eigenvalue weighted by molar-refractivity contribution is -0.143. The zero-order valence-electron chi connectivity index (χ0n) is 15.6. The Kier molecular flexibility index (Phi) is 6.62. The first kappa shape index (κ1) is 19.9. The second-order valence-electron chi connectivity index (χ2n) is 6.91. The number of amides is 1. The van der Waals surface area contributed by atoms with Crippen molar-refractivity contribution in [2.45, 2.75) is 12.6 Å². The molecule has 7 heteroatoms. The van der Waals surface area contributed by atoms with E-state index in [-0.39, 0.29) is 18.2 Å². The van der Waals surface area contributed by atoms with Gasteiger partial charge in [0.15, 0.2) is 0 Å². The molecule has 1 amide bonds. The average molecular weight is 383 g/mol. The van der Waals surface area contributed by atoms with Crippen molar-refractivity contribution in [1.29, 1.82) is 0 Å². The smallest absolute Gasteiger partial charge is 0.322 e. The Labute approximate surface area is 164 Å². The quantitative estimate of drug-likeness (QED) is 0.669. The average Bonchev–Trinajstić information content (AvgIpc) is 2.70. The molecule has 7 nitrogen and oxygen atoms in total. The minimum atomic E-state index is -0.942. The van der Waals surface area contributed by atoms with Crippen LogP contribution in [0, 0.1) is 0 Å². The fourth-order valence-electron chi connectivity index (χ4n) is 3.35. The second kappa shape index (κ2) is 9.34. The Morgan fingerprint density at radius 3 is 2.21 bits per heavy atom. The number of hydrogen-bond acceptors (Lipinski definition) is 5. The molecule has 28 heavy (non-hydrogen) atoms. The molecule has 148 valence electrons. The number of phenols is 1. The Morgan fingerprint density at radius 1 is 0.964 bits per heavy atom. The summed E-state index contributed by atoms with van der Waals surface area (Å²) in [4.78, 5) is 28.1.